The van der Waals surface area contributed by atoms with Crippen LogP contribution >= 0.6 is 0 Å². The van der Waals surface area contributed by atoms with Gasteiger partial charge in [-0.2, -0.15) is 4.31 Å². The van der Waals surface area contributed by atoms with Crippen LogP contribution in [0.15, 0.2) is 59.5 Å². The molecular weight excluding hydrogens is 390 g/mol. The number of hydrogen-bond donors (Lipinski definition) is 1. The van der Waals surface area contributed by atoms with Crippen molar-refractivity contribution in [1.82, 2.24) is 9.62 Å². The monoisotopic (exact) mass is 415 g/mol. The van der Waals surface area contributed by atoms with Crippen molar-refractivity contribution in [2.75, 3.05) is 24.5 Å². The second kappa shape index (κ2) is 8.75. The van der Waals surface area contributed by atoms with Gasteiger partial charge < -0.3 is 10.2 Å². The fraction of sp³-hybridized carbons (Fsp3) is 0.333. The lowest BCUT2D eigenvalue weighted by Gasteiger charge is -2.19. The Balaban J connectivity index is 1.67. The van der Waals surface area contributed by atoms with Crippen LogP contribution < -0.4 is 10.2 Å². The highest BCUT2D eigenvalue weighted by molar-refractivity contribution is 7.89. The van der Waals surface area contributed by atoms with E-state index in [1.54, 1.807) is 18.7 Å². The first-order valence-electron chi connectivity index (χ1n) is 9.63. The molecule has 1 atom stereocenters. The van der Waals surface area contributed by atoms with E-state index in [0.29, 0.717) is 25.2 Å². The van der Waals surface area contributed by atoms with Gasteiger partial charge in [0.05, 0.1) is 10.9 Å². The average molecular weight is 416 g/mol. The molecule has 0 bridgehead atoms. The topological polar surface area (TPSA) is 86.8 Å². The summed E-state index contributed by atoms with van der Waals surface area (Å²) < 4.78 is 26.5. The predicted octanol–water partition coefficient (Wildman–Crippen LogP) is 2.25. The maximum atomic E-state index is 12.6. The maximum Gasteiger partial charge on any atom is 0.251 e. The Labute approximate surface area is 171 Å². The fourth-order valence-electron chi connectivity index (χ4n) is 3.42. The minimum Gasteiger partial charge on any atom is -0.347 e. The lowest BCUT2D eigenvalue weighted by molar-refractivity contribution is -0.117. The molecule has 1 fully saturated rings. The highest BCUT2D eigenvalue weighted by Crippen LogP contribution is 2.21. The Morgan fingerprint density at radius 3 is 2.28 bits per heavy atom. The molecule has 0 aromatic heterocycles. The molecule has 1 saturated heterocycles. The third-order valence-electron chi connectivity index (χ3n) is 4.99. The molecule has 0 spiro atoms. The smallest absolute Gasteiger partial charge is 0.251 e. The zero-order chi connectivity index (χ0) is 21.0. The number of hydrogen-bond acceptors (Lipinski definition) is 4. The van der Waals surface area contributed by atoms with Crippen LogP contribution in [0.2, 0.25) is 0 Å². The number of benzene rings is 2. The first-order valence-corrected chi connectivity index (χ1v) is 11.1. The number of anilines is 1. The Bertz CT molecular complexity index is 971. The molecule has 2 amide bonds. The first-order chi connectivity index (χ1) is 13.9. The average Bonchev–Trinajstić information content (AvgIpc) is 3.09. The van der Waals surface area contributed by atoms with E-state index in [1.165, 1.54) is 28.6 Å². The zero-order valence-electron chi connectivity index (χ0n) is 16.5. The van der Waals surface area contributed by atoms with E-state index in [1.807, 2.05) is 30.3 Å². The molecule has 7 nitrogen and oxygen atoms in total. The van der Waals surface area contributed by atoms with Crippen molar-refractivity contribution in [3.05, 3.63) is 60.2 Å². The van der Waals surface area contributed by atoms with Crippen LogP contribution in [0.5, 0.6) is 0 Å². The SMILES string of the molecule is CCN(CC)S(=O)(=O)c1ccc(C(=O)N[C@@H]2CC(=O)N(c3ccccc3)C2)cc1. The molecule has 0 radical (unpaired) electrons. The van der Waals surface area contributed by atoms with Crippen molar-refractivity contribution in [3.8, 4) is 0 Å². The van der Waals surface area contributed by atoms with Crippen molar-refractivity contribution in [3.63, 3.8) is 0 Å². The minimum atomic E-state index is -3.56. The van der Waals surface area contributed by atoms with Crippen LogP contribution in [-0.4, -0.2) is 50.2 Å². The van der Waals surface area contributed by atoms with E-state index < -0.39 is 10.0 Å². The van der Waals surface area contributed by atoms with Gasteiger partial charge in [-0.25, -0.2) is 8.42 Å². The summed E-state index contributed by atoms with van der Waals surface area (Å²) in [6, 6.07) is 14.9. The second-order valence-corrected chi connectivity index (χ2v) is 8.77. The summed E-state index contributed by atoms with van der Waals surface area (Å²) in [7, 11) is -3.56. The van der Waals surface area contributed by atoms with Crippen molar-refractivity contribution in [2.45, 2.75) is 31.2 Å². The minimum absolute atomic E-state index is 0.0397. The third-order valence-corrected chi connectivity index (χ3v) is 7.05. The van der Waals surface area contributed by atoms with Gasteiger partial charge in [-0.05, 0) is 36.4 Å². The molecule has 29 heavy (non-hydrogen) atoms. The van der Waals surface area contributed by atoms with Crippen molar-refractivity contribution in [1.29, 1.82) is 0 Å². The second-order valence-electron chi connectivity index (χ2n) is 6.83. The van der Waals surface area contributed by atoms with Crippen molar-refractivity contribution >= 4 is 27.5 Å². The predicted molar refractivity (Wildman–Crippen MR) is 111 cm³/mol. The number of rotatable bonds is 7. The van der Waals surface area contributed by atoms with Gasteiger partial charge in [0.2, 0.25) is 15.9 Å². The molecule has 1 heterocycles. The number of nitrogens with zero attached hydrogens (tertiary/aromatic N) is 2. The largest absolute Gasteiger partial charge is 0.347 e. The number of nitrogens with one attached hydrogen (secondary N) is 1. The number of sulfonamides is 1. The Morgan fingerprint density at radius 1 is 1.07 bits per heavy atom. The molecule has 2 aromatic carbocycles. The van der Waals surface area contributed by atoms with Crippen LogP contribution in [0.25, 0.3) is 0 Å². The van der Waals surface area contributed by atoms with Crippen LogP contribution in [0, 0.1) is 0 Å². The molecule has 1 aliphatic rings. The summed E-state index contributed by atoms with van der Waals surface area (Å²) in [4.78, 5) is 26.7. The molecule has 0 aliphatic carbocycles. The number of carbonyl (C=O) groups excluding carboxylic acids is 2. The summed E-state index contributed by atoms with van der Waals surface area (Å²) >= 11 is 0. The van der Waals surface area contributed by atoms with E-state index in [-0.39, 0.29) is 29.2 Å². The molecule has 3 rings (SSSR count). The highest BCUT2D eigenvalue weighted by atomic mass is 32.2. The summed E-state index contributed by atoms with van der Waals surface area (Å²) in [5, 5.41) is 2.87. The van der Waals surface area contributed by atoms with Crippen LogP contribution in [0.1, 0.15) is 30.6 Å². The van der Waals surface area contributed by atoms with Crippen LogP contribution in [-0.2, 0) is 14.8 Å². The van der Waals surface area contributed by atoms with E-state index in [9.17, 15) is 18.0 Å². The molecule has 154 valence electrons. The van der Waals surface area contributed by atoms with Gasteiger partial charge in [0, 0.05) is 37.3 Å². The quantitative estimate of drug-likeness (QED) is 0.751. The molecule has 1 aliphatic heterocycles. The third kappa shape index (κ3) is 4.49. The van der Waals surface area contributed by atoms with E-state index in [0.717, 1.165) is 5.69 Å². The molecule has 8 heteroatoms. The molecule has 0 unspecified atom stereocenters. The molecular formula is C21H25N3O4S. The van der Waals surface area contributed by atoms with Gasteiger partial charge in [-0.3, -0.25) is 9.59 Å². The first kappa shape index (κ1) is 21.0. The number of para-hydroxylation sites is 1. The van der Waals surface area contributed by atoms with Gasteiger partial charge in [-0.15, -0.1) is 0 Å². The highest BCUT2D eigenvalue weighted by Gasteiger charge is 2.31. The Hall–Kier alpha value is -2.71. The summed E-state index contributed by atoms with van der Waals surface area (Å²) in [5.41, 5.74) is 1.16. The number of carbonyl (C=O) groups is 2. The van der Waals surface area contributed by atoms with Gasteiger partial charge in [-0.1, -0.05) is 32.0 Å². The normalized spacial score (nSPS) is 17.0. The van der Waals surface area contributed by atoms with Crippen molar-refractivity contribution in [2.24, 2.45) is 0 Å². The Kier molecular flexibility index (Phi) is 6.34. The summed E-state index contributed by atoms with van der Waals surface area (Å²) in [6.45, 7) is 4.74. The maximum absolute atomic E-state index is 12.6. The lowest BCUT2D eigenvalue weighted by Crippen LogP contribution is -2.37. The molecule has 0 saturated carbocycles. The van der Waals surface area contributed by atoms with Crippen LogP contribution in [0.4, 0.5) is 5.69 Å². The Morgan fingerprint density at radius 2 is 1.69 bits per heavy atom. The summed E-state index contributed by atoms with van der Waals surface area (Å²) in [5.74, 6) is -0.369. The molecule has 2 aromatic rings. The van der Waals surface area contributed by atoms with E-state index in [4.69, 9.17) is 0 Å². The van der Waals surface area contributed by atoms with Crippen molar-refractivity contribution < 1.29 is 18.0 Å². The zero-order valence-corrected chi connectivity index (χ0v) is 17.4. The van der Waals surface area contributed by atoms with Gasteiger partial charge in [0.25, 0.3) is 5.91 Å². The summed E-state index contributed by atoms with van der Waals surface area (Å²) in [6.07, 6.45) is 0.231. The van der Waals surface area contributed by atoms with Crippen LogP contribution in [0.3, 0.4) is 0 Å². The van der Waals surface area contributed by atoms with E-state index >= 15 is 0 Å². The molecule has 1 N–H and O–H groups in total. The number of amides is 2. The van der Waals surface area contributed by atoms with Gasteiger partial charge >= 0.3 is 0 Å². The fourth-order valence-corrected chi connectivity index (χ4v) is 4.88. The van der Waals surface area contributed by atoms with Gasteiger partial charge in [0.1, 0.15) is 0 Å². The van der Waals surface area contributed by atoms with E-state index in [2.05, 4.69) is 5.32 Å². The van der Waals surface area contributed by atoms with Gasteiger partial charge in [0.15, 0.2) is 0 Å². The lowest BCUT2D eigenvalue weighted by atomic mass is 10.2. The standard InChI is InChI=1S/C21H25N3O4S/c1-3-23(4-2)29(27,28)19-12-10-16(11-13-19)21(26)22-17-14-20(25)24(15-17)18-8-6-5-7-9-18/h5-13,17H,3-4,14-15H2,1-2H3,(H,22,26)/t17-/m1/s1.